The minimum atomic E-state index is -4.92. The van der Waals surface area contributed by atoms with Gasteiger partial charge in [-0.25, -0.2) is 0 Å². The highest BCUT2D eigenvalue weighted by Crippen LogP contribution is 2.52. The van der Waals surface area contributed by atoms with E-state index >= 15 is 0 Å². The molecule has 0 saturated carbocycles. The Hall–Kier alpha value is -6.79. The van der Waals surface area contributed by atoms with Gasteiger partial charge in [0.15, 0.2) is 0 Å². The molecule has 0 saturated heterocycles. The summed E-state index contributed by atoms with van der Waals surface area (Å²) in [6.07, 6.45) is -3.20. The van der Waals surface area contributed by atoms with E-state index in [-0.39, 0.29) is 17.8 Å². The predicted octanol–water partition coefficient (Wildman–Crippen LogP) is 14.5. The van der Waals surface area contributed by atoms with Gasteiger partial charge in [-0.1, -0.05) is 190 Å². The lowest BCUT2D eigenvalue weighted by molar-refractivity contribution is -0.274. The summed E-state index contributed by atoms with van der Waals surface area (Å²) in [7, 11) is 0. The van der Waals surface area contributed by atoms with Gasteiger partial charge in [-0.15, -0.1) is 13.2 Å². The van der Waals surface area contributed by atoms with Crippen molar-refractivity contribution in [2.24, 2.45) is 0 Å². The molecule has 0 spiro atoms. The largest absolute Gasteiger partial charge is 0.573 e. The Bertz CT molecular complexity index is 2550. The first-order chi connectivity index (χ1) is 29.8. The monoisotopic (exact) mass is 808 g/mol. The number of nitrogens with one attached hydrogen (secondary N) is 2. The fourth-order valence-electron chi connectivity index (χ4n) is 9.50. The zero-order chi connectivity index (χ0) is 41.9. The summed E-state index contributed by atoms with van der Waals surface area (Å²) in [5.41, 5.74) is 11.8. The third-order valence-corrected chi connectivity index (χ3v) is 12.1. The lowest BCUT2D eigenvalue weighted by atomic mass is 9.78. The second-order valence-electron chi connectivity index (χ2n) is 15.7. The maximum atomic E-state index is 14.5. The molecule has 2 unspecified atom stereocenters. The van der Waals surface area contributed by atoms with Gasteiger partial charge in [-0.3, -0.25) is 0 Å². The highest BCUT2D eigenvalue weighted by atomic mass is 19.4. The molecule has 0 aromatic heterocycles. The molecule has 0 heterocycles. The van der Waals surface area contributed by atoms with Gasteiger partial charge in [0.25, 0.3) is 0 Å². The predicted molar refractivity (Wildman–Crippen MR) is 243 cm³/mol. The van der Waals surface area contributed by atoms with E-state index in [4.69, 9.17) is 4.74 Å². The quantitative estimate of drug-likeness (QED) is 0.114. The number of hydrogen-bond acceptors (Lipinski definition) is 3. The molecule has 0 radical (unpaired) electrons. The van der Waals surface area contributed by atoms with Crippen molar-refractivity contribution >= 4 is 22.1 Å². The maximum Gasteiger partial charge on any atom is 0.573 e. The first kappa shape index (κ1) is 39.7. The highest BCUT2D eigenvalue weighted by molar-refractivity contribution is 5.93. The molecule has 8 aromatic rings. The molecule has 0 amide bonds. The van der Waals surface area contributed by atoms with Crippen molar-refractivity contribution in [3.63, 3.8) is 0 Å². The van der Waals surface area contributed by atoms with Gasteiger partial charge in [-0.2, -0.15) is 0 Å². The Morgan fingerprint density at radius 1 is 0.475 bits per heavy atom. The van der Waals surface area contributed by atoms with Gasteiger partial charge < -0.3 is 15.4 Å². The first-order valence-corrected chi connectivity index (χ1v) is 21.1. The van der Waals surface area contributed by atoms with E-state index in [1.165, 1.54) is 22.1 Å². The smallest absolute Gasteiger partial charge is 0.406 e. The molecule has 6 heteroatoms. The SMILES string of the molecule is CCc1cccc(CC)c1NC1c2cccc3cccc(c23)C1Nc1c(C(c2ccccc2)c2ccccc2)cc(OC(F)(F)F)cc1C(c1ccccc1)c1ccccc1. The lowest BCUT2D eigenvalue weighted by Crippen LogP contribution is -2.25. The average Bonchev–Trinajstić information content (AvgIpc) is 3.58. The Kier molecular flexibility index (Phi) is 11.1. The lowest BCUT2D eigenvalue weighted by Gasteiger charge is -2.33. The van der Waals surface area contributed by atoms with Crippen LogP contribution in [0.4, 0.5) is 24.5 Å². The van der Waals surface area contributed by atoms with Crippen molar-refractivity contribution in [1.82, 2.24) is 0 Å². The molecule has 1 aliphatic rings. The fourth-order valence-corrected chi connectivity index (χ4v) is 9.50. The van der Waals surface area contributed by atoms with E-state index in [0.717, 1.165) is 57.4 Å². The summed E-state index contributed by atoms with van der Waals surface area (Å²) in [6.45, 7) is 4.37. The molecule has 8 aromatic carbocycles. The van der Waals surface area contributed by atoms with E-state index in [2.05, 4.69) is 128 Å². The second-order valence-corrected chi connectivity index (χ2v) is 15.7. The van der Waals surface area contributed by atoms with Crippen molar-refractivity contribution in [3.05, 3.63) is 244 Å². The van der Waals surface area contributed by atoms with Crippen LogP contribution in [0.5, 0.6) is 5.75 Å². The Morgan fingerprint density at radius 2 is 0.852 bits per heavy atom. The first-order valence-electron chi connectivity index (χ1n) is 21.1. The molecule has 2 atom stereocenters. The van der Waals surface area contributed by atoms with Gasteiger partial charge in [-0.05, 0) is 91.4 Å². The van der Waals surface area contributed by atoms with Crippen LogP contribution in [0.1, 0.15) is 93.4 Å². The molecular formula is C55H47F3N2O. The number of benzene rings is 8. The second kappa shape index (κ2) is 17.1. The summed E-state index contributed by atoms with van der Waals surface area (Å²) < 4.78 is 48.6. The number of hydrogen-bond donors (Lipinski definition) is 2. The van der Waals surface area contributed by atoms with E-state index in [0.29, 0.717) is 11.1 Å². The minimum Gasteiger partial charge on any atom is -0.406 e. The number of rotatable bonds is 13. The summed E-state index contributed by atoms with van der Waals surface area (Å²) in [6, 6.07) is 62.2. The summed E-state index contributed by atoms with van der Waals surface area (Å²) in [4.78, 5) is 0. The summed E-state index contributed by atoms with van der Waals surface area (Å²) in [5.74, 6) is -1.20. The van der Waals surface area contributed by atoms with Crippen LogP contribution in [0.3, 0.4) is 0 Å². The molecule has 1 aliphatic carbocycles. The van der Waals surface area contributed by atoms with Crippen molar-refractivity contribution in [2.45, 2.75) is 57.0 Å². The maximum absolute atomic E-state index is 14.5. The zero-order valence-corrected chi connectivity index (χ0v) is 34.2. The minimum absolute atomic E-state index is 0.232. The van der Waals surface area contributed by atoms with Gasteiger partial charge >= 0.3 is 6.36 Å². The van der Waals surface area contributed by atoms with Gasteiger partial charge in [0.05, 0.1) is 12.1 Å². The van der Waals surface area contributed by atoms with Crippen LogP contribution >= 0.6 is 0 Å². The van der Waals surface area contributed by atoms with E-state index in [1.807, 2.05) is 72.8 Å². The third kappa shape index (κ3) is 7.98. The molecule has 0 bridgehead atoms. The molecule has 9 rings (SSSR count). The fraction of sp³-hybridized carbons (Fsp3) is 0.164. The Balaban J connectivity index is 1.36. The number of anilines is 2. The molecule has 2 N–H and O–H groups in total. The average molecular weight is 809 g/mol. The summed E-state index contributed by atoms with van der Waals surface area (Å²) in [5, 5.41) is 10.6. The van der Waals surface area contributed by atoms with Crippen LogP contribution in [0.25, 0.3) is 10.8 Å². The zero-order valence-electron chi connectivity index (χ0n) is 34.2. The highest BCUT2D eigenvalue weighted by Gasteiger charge is 2.39. The molecule has 61 heavy (non-hydrogen) atoms. The van der Waals surface area contributed by atoms with Crippen LogP contribution in [-0.2, 0) is 12.8 Å². The van der Waals surface area contributed by atoms with Crippen LogP contribution < -0.4 is 15.4 Å². The molecule has 304 valence electrons. The number of ether oxygens (including phenoxy) is 1. The molecule has 3 nitrogen and oxygen atoms in total. The Labute approximate surface area is 355 Å². The summed E-state index contributed by atoms with van der Waals surface area (Å²) >= 11 is 0. The van der Waals surface area contributed by atoms with Crippen LogP contribution in [-0.4, -0.2) is 6.36 Å². The number of alkyl halides is 3. The molecule has 0 fully saturated rings. The van der Waals surface area contributed by atoms with Gasteiger partial charge in [0.2, 0.25) is 0 Å². The van der Waals surface area contributed by atoms with Crippen molar-refractivity contribution < 1.29 is 17.9 Å². The van der Waals surface area contributed by atoms with Crippen molar-refractivity contribution in [3.8, 4) is 5.75 Å². The molecular weight excluding hydrogens is 762 g/mol. The number of para-hydroxylation sites is 1. The third-order valence-electron chi connectivity index (χ3n) is 12.1. The standard InChI is InChI=1S/C55H47F3N2O/c1-3-36-28-17-29-37(4-2)51(36)59-53-44-32-18-30-42-31-19-33-45(50(42)44)54(53)60-52-46(48(38-20-9-5-10-21-38)39-22-11-6-12-23-39)34-43(61-55(56,57)58)35-47(52)49(40-24-13-7-14-25-40)41-26-15-8-16-27-41/h5-35,48-49,53-54,59-60H,3-4H2,1-2H3. The number of aryl methyl sites for hydroxylation is 2. The normalized spacial score (nSPS) is 14.7. The van der Waals surface area contributed by atoms with Gasteiger partial charge in [0.1, 0.15) is 5.75 Å². The van der Waals surface area contributed by atoms with Crippen molar-refractivity contribution in [1.29, 1.82) is 0 Å². The van der Waals surface area contributed by atoms with Crippen LogP contribution in [0.2, 0.25) is 0 Å². The van der Waals surface area contributed by atoms with Crippen LogP contribution in [0, 0.1) is 0 Å². The van der Waals surface area contributed by atoms with E-state index in [9.17, 15) is 13.2 Å². The topological polar surface area (TPSA) is 33.3 Å². The van der Waals surface area contributed by atoms with E-state index in [1.54, 1.807) is 12.1 Å². The molecule has 0 aliphatic heterocycles. The van der Waals surface area contributed by atoms with Gasteiger partial charge in [0, 0.05) is 23.2 Å². The Morgan fingerprint density at radius 3 is 1.23 bits per heavy atom. The van der Waals surface area contributed by atoms with Crippen molar-refractivity contribution in [2.75, 3.05) is 10.6 Å². The van der Waals surface area contributed by atoms with E-state index < -0.39 is 18.2 Å². The number of halogens is 3. The van der Waals surface area contributed by atoms with Crippen LogP contribution in [0.15, 0.2) is 188 Å².